The van der Waals surface area contributed by atoms with E-state index < -0.39 is 18.7 Å². The third-order valence-electron chi connectivity index (χ3n) is 4.41. The molecule has 1 aliphatic heterocycles. The molecule has 0 radical (unpaired) electrons. The quantitative estimate of drug-likeness (QED) is 0.487. The maximum atomic E-state index is 11.7. The molecule has 32 heavy (non-hydrogen) atoms. The van der Waals surface area contributed by atoms with E-state index in [9.17, 15) is 4.79 Å². The minimum atomic E-state index is -0.779. The number of ether oxygens (including phenoxy) is 3. The summed E-state index contributed by atoms with van der Waals surface area (Å²) in [5, 5.41) is 11.6. The number of carbonyl (C=O) groups is 1. The molecule has 0 aliphatic carbocycles. The van der Waals surface area contributed by atoms with Crippen molar-refractivity contribution in [3.63, 3.8) is 0 Å². The Balaban J connectivity index is 0.000000233. The second-order valence-electron chi connectivity index (χ2n) is 9.04. The van der Waals surface area contributed by atoms with Gasteiger partial charge in [-0.1, -0.05) is 71.9 Å². The maximum Gasteiger partial charge on any atom is 0.308 e. The molecule has 176 valence electrons. The van der Waals surface area contributed by atoms with Crippen molar-refractivity contribution < 1.29 is 24.1 Å². The standard InChI is InChI=1S/C13H24O5.C12H10ClP/c1-12(2,3)18-11(15)7-9-6-10(8-14)17-13(4,5)16-9;13-14(11-7-3-1-4-8-11)12-9-5-2-6-10-12/h9-10,14H,6-8H2,1-5H3;1-10H/t9-,10+;/m1./s1. The molecule has 1 N–H and O–H groups in total. The van der Waals surface area contributed by atoms with Crippen molar-refractivity contribution in [3.05, 3.63) is 60.7 Å². The highest BCUT2D eigenvalue weighted by Crippen LogP contribution is 2.38. The van der Waals surface area contributed by atoms with Crippen LogP contribution in [-0.4, -0.2) is 41.3 Å². The molecule has 2 aromatic rings. The van der Waals surface area contributed by atoms with Crippen LogP contribution in [0.1, 0.15) is 47.5 Å². The van der Waals surface area contributed by atoms with Crippen molar-refractivity contribution in [1.29, 1.82) is 0 Å². The summed E-state index contributed by atoms with van der Waals surface area (Å²) in [7, 11) is -0.699. The number of halogens is 1. The number of hydrogen-bond donors (Lipinski definition) is 1. The van der Waals surface area contributed by atoms with E-state index in [-0.39, 0.29) is 31.2 Å². The summed E-state index contributed by atoms with van der Waals surface area (Å²) in [6.45, 7) is 8.97. The van der Waals surface area contributed by atoms with Gasteiger partial charge in [0.15, 0.2) is 5.79 Å². The first-order chi connectivity index (χ1) is 15.0. The molecule has 0 unspecified atom stereocenters. The topological polar surface area (TPSA) is 65.0 Å². The lowest BCUT2D eigenvalue weighted by Gasteiger charge is -2.40. The number of rotatable bonds is 5. The number of hydrogen-bond acceptors (Lipinski definition) is 5. The number of benzene rings is 2. The summed E-state index contributed by atoms with van der Waals surface area (Å²) in [5.74, 6) is -1.07. The van der Waals surface area contributed by atoms with Gasteiger partial charge in [0, 0.05) is 6.42 Å². The molecule has 7 heteroatoms. The van der Waals surface area contributed by atoms with Gasteiger partial charge in [-0.05, 0) is 45.2 Å². The van der Waals surface area contributed by atoms with Gasteiger partial charge in [-0.3, -0.25) is 4.79 Å². The van der Waals surface area contributed by atoms with Gasteiger partial charge in [0.05, 0.1) is 32.5 Å². The molecule has 0 spiro atoms. The normalized spacial score (nSPS) is 20.2. The lowest BCUT2D eigenvalue weighted by atomic mass is 10.1. The van der Waals surface area contributed by atoms with Crippen molar-refractivity contribution in [2.75, 3.05) is 6.61 Å². The van der Waals surface area contributed by atoms with Crippen molar-refractivity contribution in [1.82, 2.24) is 0 Å². The zero-order valence-corrected chi connectivity index (χ0v) is 21.1. The third-order valence-corrected chi connectivity index (χ3v) is 7.08. The molecule has 1 aliphatic rings. The monoisotopic (exact) mass is 480 g/mol. The fourth-order valence-corrected chi connectivity index (χ4v) is 5.13. The third kappa shape index (κ3) is 9.56. The lowest BCUT2D eigenvalue weighted by molar-refractivity contribution is -0.304. The van der Waals surface area contributed by atoms with Gasteiger partial charge in [-0.25, -0.2) is 0 Å². The number of carbonyl (C=O) groups excluding carboxylic acids is 1. The highest BCUT2D eigenvalue weighted by atomic mass is 35.7. The van der Waals surface area contributed by atoms with E-state index in [0.29, 0.717) is 6.42 Å². The summed E-state index contributed by atoms with van der Waals surface area (Å²) in [6.07, 6.45) is 0.113. The van der Waals surface area contributed by atoms with Crippen LogP contribution in [0.25, 0.3) is 0 Å². The molecule has 0 saturated carbocycles. The van der Waals surface area contributed by atoms with Crippen molar-refractivity contribution in [2.24, 2.45) is 0 Å². The Kier molecular flexibility index (Phi) is 10.1. The van der Waals surface area contributed by atoms with Crippen LogP contribution in [0.5, 0.6) is 0 Å². The fraction of sp³-hybridized carbons (Fsp3) is 0.480. The molecule has 1 fully saturated rings. The summed E-state index contributed by atoms with van der Waals surface area (Å²) < 4.78 is 16.4. The van der Waals surface area contributed by atoms with Crippen LogP contribution in [0.2, 0.25) is 0 Å². The van der Waals surface area contributed by atoms with E-state index in [2.05, 4.69) is 24.3 Å². The van der Waals surface area contributed by atoms with Crippen LogP contribution in [0.4, 0.5) is 0 Å². The molecule has 3 rings (SSSR count). The van der Waals surface area contributed by atoms with E-state index >= 15 is 0 Å². The molecular formula is C25H34ClO5P. The van der Waals surface area contributed by atoms with Crippen LogP contribution in [0.3, 0.4) is 0 Å². The summed E-state index contributed by atoms with van der Waals surface area (Å²) >= 11 is 6.40. The Morgan fingerprint density at radius 1 is 1.03 bits per heavy atom. The van der Waals surface area contributed by atoms with Gasteiger partial charge < -0.3 is 19.3 Å². The lowest BCUT2D eigenvalue weighted by Crippen LogP contribution is -2.46. The van der Waals surface area contributed by atoms with Gasteiger partial charge in [0.2, 0.25) is 0 Å². The number of aliphatic hydroxyl groups is 1. The van der Waals surface area contributed by atoms with Crippen LogP contribution in [0.15, 0.2) is 60.7 Å². The maximum absolute atomic E-state index is 11.7. The van der Waals surface area contributed by atoms with Crippen LogP contribution in [-0.2, 0) is 19.0 Å². The average Bonchev–Trinajstić information content (AvgIpc) is 2.72. The molecule has 1 saturated heterocycles. The zero-order valence-electron chi connectivity index (χ0n) is 19.5. The Labute approximate surface area is 197 Å². The predicted molar refractivity (Wildman–Crippen MR) is 131 cm³/mol. The van der Waals surface area contributed by atoms with E-state index in [4.69, 9.17) is 30.6 Å². The average molecular weight is 481 g/mol. The fourth-order valence-electron chi connectivity index (χ4n) is 3.29. The van der Waals surface area contributed by atoms with Gasteiger partial charge >= 0.3 is 5.97 Å². The largest absolute Gasteiger partial charge is 0.460 e. The smallest absolute Gasteiger partial charge is 0.308 e. The first-order valence-electron chi connectivity index (χ1n) is 10.7. The molecular weight excluding hydrogens is 447 g/mol. The molecule has 0 amide bonds. The van der Waals surface area contributed by atoms with E-state index in [0.717, 1.165) is 0 Å². The Bertz CT molecular complexity index is 784. The van der Waals surface area contributed by atoms with Crippen LogP contribution >= 0.6 is 18.5 Å². The van der Waals surface area contributed by atoms with E-state index in [1.54, 1.807) is 13.8 Å². The molecule has 0 aromatic heterocycles. The first kappa shape index (κ1) is 26.8. The molecule has 5 nitrogen and oxygen atoms in total. The van der Waals surface area contributed by atoms with Gasteiger partial charge in [0.25, 0.3) is 0 Å². The van der Waals surface area contributed by atoms with E-state index in [1.165, 1.54) is 10.6 Å². The molecule has 0 bridgehead atoms. The van der Waals surface area contributed by atoms with Crippen molar-refractivity contribution >= 4 is 35.1 Å². The van der Waals surface area contributed by atoms with Crippen molar-refractivity contribution in [3.8, 4) is 0 Å². The van der Waals surface area contributed by atoms with E-state index in [1.807, 2.05) is 57.2 Å². The molecule has 1 heterocycles. The molecule has 2 atom stereocenters. The summed E-state index contributed by atoms with van der Waals surface area (Å²) in [4.78, 5) is 11.7. The van der Waals surface area contributed by atoms with Gasteiger partial charge in [-0.2, -0.15) is 0 Å². The predicted octanol–water partition coefficient (Wildman–Crippen LogP) is 4.89. The Morgan fingerprint density at radius 2 is 1.50 bits per heavy atom. The highest BCUT2D eigenvalue weighted by Gasteiger charge is 2.36. The minimum Gasteiger partial charge on any atom is -0.460 e. The zero-order chi connectivity index (χ0) is 23.8. The highest BCUT2D eigenvalue weighted by molar-refractivity contribution is 7.95. The second-order valence-corrected chi connectivity index (χ2v) is 11.6. The Hall–Kier alpha value is -1.49. The first-order valence-corrected chi connectivity index (χ1v) is 13.0. The summed E-state index contributed by atoms with van der Waals surface area (Å²) in [6, 6.07) is 20.4. The molecule has 2 aromatic carbocycles. The van der Waals surface area contributed by atoms with Gasteiger partial charge in [-0.15, -0.1) is 0 Å². The SMILES string of the molecule is CC(C)(C)OC(=O)C[C@H]1C[C@@H](CO)OC(C)(C)O1.ClP(c1ccccc1)c1ccccc1. The number of esters is 1. The number of aliphatic hydroxyl groups excluding tert-OH is 1. The summed E-state index contributed by atoms with van der Waals surface area (Å²) in [5.41, 5.74) is -0.492. The van der Waals surface area contributed by atoms with Crippen molar-refractivity contribution in [2.45, 2.75) is 71.1 Å². The van der Waals surface area contributed by atoms with Crippen LogP contribution in [0, 0.1) is 0 Å². The Morgan fingerprint density at radius 3 is 1.94 bits per heavy atom. The van der Waals surface area contributed by atoms with Gasteiger partial charge in [0.1, 0.15) is 5.60 Å². The minimum absolute atomic E-state index is 0.0718. The van der Waals surface area contributed by atoms with Crippen LogP contribution < -0.4 is 10.6 Å². The second kappa shape index (κ2) is 12.1.